The maximum atomic E-state index is 10.3. The summed E-state index contributed by atoms with van der Waals surface area (Å²) in [5, 5.41) is 19.3. The first-order chi connectivity index (χ1) is 6.09. The van der Waals surface area contributed by atoms with Crippen molar-refractivity contribution in [1.82, 2.24) is 0 Å². The van der Waals surface area contributed by atoms with E-state index in [0.29, 0.717) is 0 Å². The van der Waals surface area contributed by atoms with Crippen LogP contribution in [-0.4, -0.2) is 11.0 Å². The quantitative estimate of drug-likeness (QED) is 0.400. The van der Waals surface area contributed by atoms with Gasteiger partial charge in [0, 0.05) is 0 Å². The number of carbonyl (C=O) groups excluding carboxylic acids is 1. The molecule has 0 aromatic heterocycles. The van der Waals surface area contributed by atoms with Crippen molar-refractivity contribution in [2.24, 2.45) is 0 Å². The number of carbonyl (C=O) groups is 1. The van der Waals surface area contributed by atoms with Crippen LogP contribution in [0.4, 0.5) is 5.69 Å². The number of aromatic carboxylic acids is 1. The van der Waals surface area contributed by atoms with Gasteiger partial charge in [0.2, 0.25) is 0 Å². The van der Waals surface area contributed by atoms with Crippen LogP contribution in [-0.2, 0) is 0 Å². The minimum absolute atomic E-state index is 0. The predicted octanol–water partition coefficient (Wildman–Crippen LogP) is -5.74. The normalized spacial score (nSPS) is 8.00. The molecule has 0 aliphatic rings. The molecule has 0 heterocycles. The van der Waals surface area contributed by atoms with Crippen LogP contribution < -0.4 is 121 Å². The fraction of sp³-hybridized carbons (Fsp3) is 0. The Morgan fingerprint density at radius 1 is 1.33 bits per heavy atom. The Hall–Kier alpha value is 1.50. The zero-order valence-corrected chi connectivity index (χ0v) is 18.2. The summed E-state index contributed by atoms with van der Waals surface area (Å²) >= 11 is 0. The van der Waals surface area contributed by atoms with Gasteiger partial charge in [-0.05, 0) is 10.6 Å². The predicted molar refractivity (Wildman–Crippen MR) is 40.8 cm³/mol. The van der Waals surface area contributed by atoms with Gasteiger partial charge in [-0.25, -0.2) is 0 Å². The molecule has 0 aliphatic heterocycles. The van der Waals surface area contributed by atoms with E-state index < -0.39 is 11.0 Å². The number of benzene rings is 1. The topological polar surface area (TPSA) is 97.4 Å². The number of hydrogen-bond acceptors (Lipinski definition) is 4. The molecule has 0 aliphatic carbocycles. The molecule has 0 N–H and O–H groups in total. The molecule has 0 atom stereocenters. The largest absolute Gasteiger partial charge is 1.00 e. The van der Waals surface area contributed by atoms with Crippen molar-refractivity contribution in [2.75, 3.05) is 0 Å². The van der Waals surface area contributed by atoms with Crippen molar-refractivity contribution in [3.8, 4) is 0 Å². The minimum atomic E-state index is -1.39. The number of carboxylic acid groups (broad SMARTS) is 1. The van der Waals surface area contributed by atoms with Crippen LogP contribution in [0.25, 0.3) is 5.43 Å². The van der Waals surface area contributed by atoms with Crippen LogP contribution in [0.1, 0.15) is 10.4 Å². The molecule has 1 aromatic carbocycles. The number of rotatable bonds is 3. The average molecular weight is 351 g/mol. The summed E-state index contributed by atoms with van der Waals surface area (Å²) in [7, 11) is 0. The van der Waals surface area contributed by atoms with Crippen LogP contribution in [0.2, 0.25) is 0 Å². The van der Waals surface area contributed by atoms with E-state index in [4.69, 9.17) is 0 Å². The third-order valence-corrected chi connectivity index (χ3v) is 1.28. The third kappa shape index (κ3) is 7.43. The average Bonchev–Trinajstić information content (AvgIpc) is 2.03. The molecular formula is C7H4N2O4Rb2. The molecule has 8 heteroatoms. The van der Waals surface area contributed by atoms with Gasteiger partial charge in [-0.1, -0.05) is 30.0 Å². The van der Waals surface area contributed by atoms with E-state index in [1.54, 1.807) is 0 Å². The standard InChI is InChI=1S/C7H5N2O4.2Rb/c10-7(11)5-2-1-3-6(4-5)8-9(12)13;;/h1-4H,(H,10,11);;/q-1;2*+1/p-1. The molecule has 6 nitrogen and oxygen atoms in total. The van der Waals surface area contributed by atoms with Crippen LogP contribution >= 0.6 is 0 Å². The summed E-state index contributed by atoms with van der Waals surface area (Å²) in [6.45, 7) is 0. The second kappa shape index (κ2) is 9.52. The SMILES string of the molecule is O=C([O-])c1cccc([N-][N+](=O)[O-])c1.[Rb+].[Rb+]. The molecule has 0 bridgehead atoms. The Balaban J connectivity index is 0. The number of nitrogens with zero attached hydrogens (tertiary/aromatic N) is 2. The maximum absolute atomic E-state index is 10.3. The van der Waals surface area contributed by atoms with Gasteiger partial charge in [-0.15, -0.1) is 0 Å². The van der Waals surface area contributed by atoms with E-state index in [0.717, 1.165) is 6.07 Å². The van der Waals surface area contributed by atoms with E-state index in [9.17, 15) is 20.0 Å². The molecule has 0 radical (unpaired) electrons. The Morgan fingerprint density at radius 2 is 1.93 bits per heavy atom. The first-order valence-corrected chi connectivity index (χ1v) is 3.27. The molecule has 1 aromatic rings. The third-order valence-electron chi connectivity index (χ3n) is 1.28. The Kier molecular flexibility index (Phi) is 12.0. The van der Waals surface area contributed by atoms with Crippen LogP contribution in [0, 0.1) is 10.1 Å². The van der Waals surface area contributed by atoms with Gasteiger partial charge >= 0.3 is 116 Å². The van der Waals surface area contributed by atoms with E-state index in [1.807, 2.05) is 0 Å². The fourth-order valence-corrected chi connectivity index (χ4v) is 0.789. The monoisotopic (exact) mass is 350 g/mol. The van der Waals surface area contributed by atoms with Gasteiger partial charge in [0.05, 0.1) is 5.97 Å². The zero-order chi connectivity index (χ0) is 9.84. The second-order valence-electron chi connectivity index (χ2n) is 2.18. The van der Waals surface area contributed by atoms with Crippen molar-refractivity contribution in [3.63, 3.8) is 0 Å². The van der Waals surface area contributed by atoms with Gasteiger partial charge < -0.3 is 15.3 Å². The number of carboxylic acids is 1. The summed E-state index contributed by atoms with van der Waals surface area (Å²) in [6.07, 6.45) is 0. The first-order valence-electron chi connectivity index (χ1n) is 3.27. The molecule has 0 unspecified atom stereocenters. The second-order valence-corrected chi connectivity index (χ2v) is 2.18. The molecule has 1 rings (SSSR count). The van der Waals surface area contributed by atoms with Gasteiger partial charge in [-0.2, -0.15) is 0 Å². The molecule has 0 saturated heterocycles. The molecule has 0 fully saturated rings. The van der Waals surface area contributed by atoms with Crippen LogP contribution in [0.5, 0.6) is 0 Å². The summed E-state index contributed by atoms with van der Waals surface area (Å²) in [6, 6.07) is 5.02. The van der Waals surface area contributed by atoms with E-state index in [1.165, 1.54) is 18.2 Å². The first kappa shape index (κ1) is 18.9. The Bertz CT molecular complexity index is 359. The summed E-state index contributed by atoms with van der Waals surface area (Å²) < 4.78 is 0. The summed E-state index contributed by atoms with van der Waals surface area (Å²) in [5.41, 5.74) is 2.78. The summed E-state index contributed by atoms with van der Waals surface area (Å²) in [5.74, 6) is -1.39. The number of nitro groups is 1. The van der Waals surface area contributed by atoms with Gasteiger partial charge in [0.15, 0.2) is 0 Å². The smallest absolute Gasteiger partial charge is 0.545 e. The molecule has 0 amide bonds. The molecule has 0 saturated carbocycles. The molecule has 15 heavy (non-hydrogen) atoms. The van der Waals surface area contributed by atoms with Crippen molar-refractivity contribution in [1.29, 1.82) is 0 Å². The summed E-state index contributed by atoms with van der Waals surface area (Å²) in [4.78, 5) is 20.2. The number of hydrogen-bond donors (Lipinski definition) is 0. The van der Waals surface area contributed by atoms with Gasteiger partial charge in [-0.3, -0.25) is 10.1 Å². The molecule has 0 spiro atoms. The van der Waals surface area contributed by atoms with Gasteiger partial charge in [0.1, 0.15) is 0 Å². The van der Waals surface area contributed by atoms with Crippen LogP contribution in [0.15, 0.2) is 24.3 Å². The fourth-order valence-electron chi connectivity index (χ4n) is 0.789. The van der Waals surface area contributed by atoms with E-state index >= 15 is 0 Å². The van der Waals surface area contributed by atoms with E-state index in [-0.39, 0.29) is 128 Å². The van der Waals surface area contributed by atoms with Gasteiger partial charge in [0.25, 0.3) is 0 Å². The maximum Gasteiger partial charge on any atom is 1.00 e. The molecular weight excluding hydrogens is 347 g/mol. The van der Waals surface area contributed by atoms with Crippen LogP contribution in [0.3, 0.4) is 0 Å². The van der Waals surface area contributed by atoms with Crippen molar-refractivity contribution >= 4 is 11.7 Å². The van der Waals surface area contributed by atoms with Crippen molar-refractivity contribution in [3.05, 3.63) is 45.4 Å². The minimum Gasteiger partial charge on any atom is -0.545 e. The van der Waals surface area contributed by atoms with Crippen molar-refractivity contribution in [2.45, 2.75) is 0 Å². The van der Waals surface area contributed by atoms with Crippen molar-refractivity contribution < 1.29 is 131 Å². The van der Waals surface area contributed by atoms with E-state index in [2.05, 4.69) is 5.43 Å². The Labute approximate surface area is 184 Å². The zero-order valence-electron chi connectivity index (χ0n) is 8.34. The Morgan fingerprint density at radius 3 is 2.40 bits per heavy atom. The molecule has 68 valence electrons.